The predicted molar refractivity (Wildman–Crippen MR) is 441 cm³/mol. The fraction of sp³-hybridized carbons (Fsp3) is 0.0588. The minimum Gasteiger partial charge on any atom is -0.456 e. The molecule has 14 aromatic carbocycles. The third kappa shape index (κ3) is 9.85. The van der Waals surface area contributed by atoms with Crippen molar-refractivity contribution < 1.29 is 9.47 Å². The standard InChI is InChI=1S/C102H66N6O2/c1-3-25-63(26-4-1)65-51-54-67(55-52-65)96-105-98(73-34-22-32-70(61-73)76-40-23-47-88-93(76)109-91-49-19-17-45-86(91)101(88)83-42-14-11-36-78(83)79-37-12-15-43-84(79)101)108-100(107-96)82-39-10-9-35-75(82)71-57-58-81-80-38-13-16-44-85(80)102(90(81)62-71)87-46-18-20-50-92(87)110-94-77(41-24-48-89(94)102)69-31-21-33-72(60-69)97-103-95(66-28-5-2-6-29-66)104-99(106-97)74-56-53-64-27-7-8-30-68(64)59-74/h1-15,17-23,25-43,45-47,49-62H,16,24,44,48H2. The van der Waals surface area contributed by atoms with Gasteiger partial charge >= 0.3 is 0 Å². The number of hydrogen-bond donors (Lipinski definition) is 0. The van der Waals surface area contributed by atoms with Crippen LogP contribution in [0.3, 0.4) is 0 Å². The Morgan fingerprint density at radius 2 is 0.709 bits per heavy atom. The number of fused-ring (bicyclic) bond motifs is 17. The van der Waals surface area contributed by atoms with Crippen molar-refractivity contribution in [3.8, 4) is 130 Å². The fourth-order valence-corrected chi connectivity index (χ4v) is 18.5. The molecule has 6 aliphatic rings. The van der Waals surface area contributed by atoms with Gasteiger partial charge in [0.05, 0.1) is 10.8 Å². The summed E-state index contributed by atoms with van der Waals surface area (Å²) >= 11 is 0. The molecule has 2 aromatic heterocycles. The lowest BCUT2D eigenvalue weighted by Gasteiger charge is -2.44. The van der Waals surface area contributed by atoms with Crippen LogP contribution in [0.15, 0.2) is 369 Å². The van der Waals surface area contributed by atoms with Crippen molar-refractivity contribution in [2.45, 2.75) is 36.5 Å². The lowest BCUT2D eigenvalue weighted by Crippen LogP contribution is -2.37. The number of ether oxygens (including phenoxy) is 2. The molecular weight excluding hydrogens is 1340 g/mol. The van der Waals surface area contributed by atoms with Gasteiger partial charge in [0.25, 0.3) is 0 Å². The summed E-state index contributed by atoms with van der Waals surface area (Å²) in [5.74, 6) is 6.93. The van der Waals surface area contributed by atoms with Crippen LogP contribution in [-0.2, 0) is 10.8 Å². The van der Waals surface area contributed by atoms with Crippen molar-refractivity contribution in [3.63, 3.8) is 0 Å². The second kappa shape index (κ2) is 25.3. The van der Waals surface area contributed by atoms with E-state index in [0.29, 0.717) is 34.9 Å². The average molecular weight is 1410 g/mol. The van der Waals surface area contributed by atoms with E-state index >= 15 is 0 Å². The Balaban J connectivity index is 0.678. The number of nitrogens with zero attached hydrogens (tertiary/aromatic N) is 6. The maximum atomic E-state index is 7.45. The summed E-state index contributed by atoms with van der Waals surface area (Å²) in [6, 6.07) is 119. The van der Waals surface area contributed by atoms with Gasteiger partial charge in [-0.05, 0) is 156 Å². The highest BCUT2D eigenvalue weighted by Gasteiger charge is 2.55. The van der Waals surface area contributed by atoms with Crippen molar-refractivity contribution in [2.24, 2.45) is 0 Å². The number of hydrogen-bond acceptors (Lipinski definition) is 8. The molecule has 0 fully saturated rings. The summed E-state index contributed by atoms with van der Waals surface area (Å²) in [5, 5.41) is 2.28. The molecule has 8 heteroatoms. The van der Waals surface area contributed by atoms with Crippen LogP contribution in [0, 0.1) is 0 Å². The van der Waals surface area contributed by atoms with Crippen LogP contribution >= 0.6 is 0 Å². The van der Waals surface area contributed by atoms with E-state index < -0.39 is 10.8 Å². The first kappa shape index (κ1) is 63.2. The van der Waals surface area contributed by atoms with Gasteiger partial charge < -0.3 is 9.47 Å². The van der Waals surface area contributed by atoms with Gasteiger partial charge in [-0.25, -0.2) is 29.9 Å². The van der Waals surface area contributed by atoms with E-state index in [0.717, 1.165) is 154 Å². The van der Waals surface area contributed by atoms with Crippen LogP contribution in [0.1, 0.15) is 70.2 Å². The van der Waals surface area contributed by atoms with Gasteiger partial charge in [-0.3, -0.25) is 0 Å². The molecule has 0 saturated carbocycles. The molecule has 0 radical (unpaired) electrons. The Labute approximate surface area is 637 Å². The minimum absolute atomic E-state index is 0.553. The third-order valence-electron chi connectivity index (χ3n) is 23.3. The molecule has 0 N–H and O–H groups in total. The van der Waals surface area contributed by atoms with E-state index in [1.165, 1.54) is 50.1 Å². The Morgan fingerprint density at radius 3 is 1.42 bits per heavy atom. The first-order valence-corrected chi connectivity index (χ1v) is 37.9. The van der Waals surface area contributed by atoms with E-state index in [9.17, 15) is 0 Å². The molecule has 4 heterocycles. The predicted octanol–water partition coefficient (Wildman–Crippen LogP) is 24.6. The molecule has 22 rings (SSSR count). The second-order valence-electron chi connectivity index (χ2n) is 29.2. The molecule has 16 aromatic rings. The van der Waals surface area contributed by atoms with Crippen molar-refractivity contribution in [1.82, 2.24) is 29.9 Å². The minimum atomic E-state index is -0.654. The highest BCUT2D eigenvalue weighted by molar-refractivity contribution is 5.97. The molecule has 2 spiro atoms. The molecule has 0 amide bonds. The maximum Gasteiger partial charge on any atom is 0.164 e. The zero-order chi connectivity index (χ0) is 72.4. The molecule has 8 nitrogen and oxygen atoms in total. The molecule has 0 saturated heterocycles. The fourth-order valence-electron chi connectivity index (χ4n) is 18.5. The largest absolute Gasteiger partial charge is 0.456 e. The van der Waals surface area contributed by atoms with Crippen LogP contribution in [0.4, 0.5) is 0 Å². The smallest absolute Gasteiger partial charge is 0.164 e. The quantitative estimate of drug-likeness (QED) is 0.134. The topological polar surface area (TPSA) is 95.8 Å². The summed E-state index contributed by atoms with van der Waals surface area (Å²) < 4.78 is 14.7. The van der Waals surface area contributed by atoms with Crippen LogP contribution in [-0.4, -0.2) is 29.9 Å². The van der Waals surface area contributed by atoms with Gasteiger partial charge in [0, 0.05) is 61.2 Å². The number of para-hydroxylation sites is 3. The number of allylic oxidation sites excluding steroid dienone is 7. The Bertz CT molecular complexity index is 6620. The van der Waals surface area contributed by atoms with E-state index in [2.05, 4.69) is 334 Å². The first-order valence-electron chi connectivity index (χ1n) is 37.9. The van der Waals surface area contributed by atoms with E-state index in [-0.39, 0.29) is 0 Å². The first-order chi connectivity index (χ1) is 54.5. The van der Waals surface area contributed by atoms with Crippen LogP contribution in [0.25, 0.3) is 135 Å². The Hall–Kier alpha value is -14.1. The summed E-state index contributed by atoms with van der Waals surface area (Å²) in [5.41, 5.74) is 27.2. The van der Waals surface area contributed by atoms with Crippen LogP contribution in [0.2, 0.25) is 0 Å². The lowest BCUT2D eigenvalue weighted by molar-refractivity contribution is 0.389. The normalized spacial score (nSPS) is 15.7. The second-order valence-corrected chi connectivity index (χ2v) is 29.2. The SMILES string of the molecule is C1=CC2=C(CC1)C1(C3=C(Oc4ccccc41)C(c1cccc(-c4nc(-c5ccccc5)nc(-c5ccc6ccccc6c5)n4)c1)=CCC3)c1cc(-c3ccccc3-c3nc(-c4ccc(-c5ccccc5)cc4)nc(-c4cccc(-c5cccc6c5Oc5ccccc5C65c6ccccc6-c6ccccc65)c4)n3)ccc12. The number of aromatic nitrogens is 6. The number of benzene rings is 14. The summed E-state index contributed by atoms with van der Waals surface area (Å²) in [7, 11) is 0. The Morgan fingerprint density at radius 1 is 0.255 bits per heavy atom. The summed E-state index contributed by atoms with van der Waals surface area (Å²) in [6.45, 7) is 0. The zero-order valence-corrected chi connectivity index (χ0v) is 59.8. The van der Waals surface area contributed by atoms with Gasteiger partial charge in [-0.1, -0.05) is 315 Å². The van der Waals surface area contributed by atoms with Crippen molar-refractivity contribution in [2.75, 3.05) is 0 Å². The van der Waals surface area contributed by atoms with E-state index in [1.54, 1.807) is 0 Å². The molecular formula is C102H66N6O2. The molecule has 110 heavy (non-hydrogen) atoms. The van der Waals surface area contributed by atoms with Crippen molar-refractivity contribution in [3.05, 3.63) is 413 Å². The highest BCUT2D eigenvalue weighted by Crippen LogP contribution is 2.66. The average Bonchev–Trinajstić information content (AvgIpc) is 1.49. The highest BCUT2D eigenvalue weighted by atomic mass is 16.5. The molecule has 2 aliphatic heterocycles. The van der Waals surface area contributed by atoms with Gasteiger partial charge in [0.15, 0.2) is 34.9 Å². The van der Waals surface area contributed by atoms with Gasteiger partial charge in [0.2, 0.25) is 0 Å². The van der Waals surface area contributed by atoms with Gasteiger partial charge in [-0.2, -0.15) is 0 Å². The van der Waals surface area contributed by atoms with Crippen LogP contribution < -0.4 is 9.47 Å². The zero-order valence-electron chi connectivity index (χ0n) is 59.8. The van der Waals surface area contributed by atoms with Crippen LogP contribution in [0.5, 0.6) is 17.2 Å². The van der Waals surface area contributed by atoms with Gasteiger partial charge in [0.1, 0.15) is 23.0 Å². The van der Waals surface area contributed by atoms with E-state index in [4.69, 9.17) is 39.4 Å². The van der Waals surface area contributed by atoms with Crippen molar-refractivity contribution >= 4 is 21.9 Å². The van der Waals surface area contributed by atoms with E-state index in [1.807, 2.05) is 18.2 Å². The molecule has 1 atom stereocenters. The summed E-state index contributed by atoms with van der Waals surface area (Å²) in [6.07, 6.45) is 10.6. The summed E-state index contributed by atoms with van der Waals surface area (Å²) in [4.78, 5) is 32.2. The maximum absolute atomic E-state index is 7.45. The van der Waals surface area contributed by atoms with Gasteiger partial charge in [-0.15, -0.1) is 0 Å². The molecule has 0 bridgehead atoms. The Kier molecular flexibility index (Phi) is 14.5. The lowest BCUT2D eigenvalue weighted by atomic mass is 9.61. The third-order valence-corrected chi connectivity index (χ3v) is 23.3. The monoisotopic (exact) mass is 1410 g/mol. The molecule has 516 valence electrons. The van der Waals surface area contributed by atoms with Crippen molar-refractivity contribution in [1.29, 1.82) is 0 Å². The molecule has 4 aliphatic carbocycles. The number of rotatable bonds is 10. The molecule has 1 unspecified atom stereocenters.